The van der Waals surface area contributed by atoms with Gasteiger partial charge in [0.15, 0.2) is 6.61 Å². The molecule has 2 N–H and O–H groups in total. The molecule has 3 rings (SSSR count). The third-order valence-corrected chi connectivity index (χ3v) is 7.38. The normalized spacial score (nSPS) is 16.1. The number of carbonyl (C=O) groups is 3. The van der Waals surface area contributed by atoms with Gasteiger partial charge in [-0.25, -0.2) is 14.4 Å². The van der Waals surface area contributed by atoms with Gasteiger partial charge in [0.05, 0.1) is 6.42 Å². The summed E-state index contributed by atoms with van der Waals surface area (Å²) < 4.78 is 57.2. The van der Waals surface area contributed by atoms with Crippen LogP contribution in [0.2, 0.25) is 0 Å². The minimum atomic E-state index is -4.52. The fourth-order valence-corrected chi connectivity index (χ4v) is 5.17. The average Bonchev–Trinajstić information content (AvgIpc) is 2.78. The Balaban J connectivity index is 1.92. The zero-order valence-corrected chi connectivity index (χ0v) is 21.3. The molecule has 0 unspecified atom stereocenters. The number of alkyl halides is 3. The van der Waals surface area contributed by atoms with E-state index in [0.717, 1.165) is 0 Å². The van der Waals surface area contributed by atoms with E-state index >= 15 is 0 Å². The molecule has 0 radical (unpaired) electrons. The lowest BCUT2D eigenvalue weighted by molar-refractivity contribution is -0.153. The Morgan fingerprint density at radius 3 is 2.41 bits per heavy atom. The first-order valence-electron chi connectivity index (χ1n) is 11.3. The third kappa shape index (κ3) is 7.37. The minimum absolute atomic E-state index is 0.0347. The number of fused-ring (bicyclic) bond motifs is 1. The summed E-state index contributed by atoms with van der Waals surface area (Å²) in [5, 5.41) is 11.6. The Bertz CT molecular complexity index is 1200. The van der Waals surface area contributed by atoms with Crippen molar-refractivity contribution in [3.05, 3.63) is 53.3 Å². The van der Waals surface area contributed by atoms with E-state index in [-0.39, 0.29) is 30.8 Å². The van der Waals surface area contributed by atoms with Gasteiger partial charge in [0.2, 0.25) is 5.91 Å². The molecule has 2 aromatic rings. The van der Waals surface area contributed by atoms with Crippen LogP contribution in [0.25, 0.3) is 0 Å². The maximum Gasteiger partial charge on any atom is 0.422 e. The second-order valence-corrected chi connectivity index (χ2v) is 13.5. The number of nitrogens with one attached hydrogen (secondary N) is 1. The van der Waals surface area contributed by atoms with Crippen molar-refractivity contribution in [2.24, 2.45) is 0 Å². The minimum Gasteiger partial charge on any atom is -0.484 e. The first-order chi connectivity index (χ1) is 17.2. The molecule has 1 aliphatic heterocycles. The molecule has 1 heterocycles. The van der Waals surface area contributed by atoms with Crippen molar-refractivity contribution in [3.8, 4) is 5.75 Å². The summed E-state index contributed by atoms with van der Waals surface area (Å²) in [4.78, 5) is 39.0. The molecular weight excluding hydrogens is 516 g/mol. The van der Waals surface area contributed by atoms with Gasteiger partial charge in [0.25, 0.3) is 5.91 Å². The fraction of sp³-hybridized carbons (Fsp3) is 0.400. The molecule has 0 aromatic heterocycles. The highest BCUT2D eigenvalue weighted by Gasteiger charge is 2.36. The summed E-state index contributed by atoms with van der Waals surface area (Å²) in [6.07, 6.45) is 0.715. The topological polar surface area (TPSA) is 95.9 Å². The van der Waals surface area contributed by atoms with Crippen LogP contribution < -0.4 is 10.1 Å². The van der Waals surface area contributed by atoms with Gasteiger partial charge in [-0.2, -0.15) is 13.2 Å². The number of ether oxygens (including phenoxy) is 1. The second-order valence-electron chi connectivity index (χ2n) is 9.37. The fourth-order valence-electron chi connectivity index (χ4n) is 4.05. The van der Waals surface area contributed by atoms with Crippen LogP contribution in [0.1, 0.15) is 30.0 Å². The maximum absolute atomic E-state index is 14.7. The van der Waals surface area contributed by atoms with Crippen LogP contribution >= 0.6 is 10.0 Å². The lowest BCUT2D eigenvalue weighted by Gasteiger charge is -2.36. The lowest BCUT2D eigenvalue weighted by atomic mass is 9.91. The number of hydrogen-bond acceptors (Lipinski definition) is 4. The predicted octanol–water partition coefficient (Wildman–Crippen LogP) is 4.75. The summed E-state index contributed by atoms with van der Waals surface area (Å²) >= 11 is 0. The van der Waals surface area contributed by atoms with Crippen LogP contribution in [0, 0.1) is 5.82 Å². The number of halogens is 4. The monoisotopic (exact) mass is 544 g/mol. The van der Waals surface area contributed by atoms with E-state index in [1.54, 1.807) is 12.1 Å². The van der Waals surface area contributed by atoms with Crippen molar-refractivity contribution >= 4 is 33.5 Å². The van der Waals surface area contributed by atoms with Crippen LogP contribution in [0.3, 0.4) is 0 Å². The molecule has 2 amide bonds. The predicted molar refractivity (Wildman–Crippen MR) is 132 cm³/mol. The van der Waals surface area contributed by atoms with E-state index < -0.39 is 58.9 Å². The van der Waals surface area contributed by atoms with E-state index in [0.29, 0.717) is 16.0 Å². The van der Waals surface area contributed by atoms with Crippen molar-refractivity contribution in [2.45, 2.75) is 36.4 Å². The van der Waals surface area contributed by atoms with E-state index in [1.165, 1.54) is 29.2 Å². The van der Waals surface area contributed by atoms with E-state index in [1.807, 2.05) is 18.8 Å². The standard InChI is InChI=1S/C25H28F4N2O5S/c1-37(2,3)20-7-4-16(13-19(20)26)30-24(35)23-18-6-5-17(36-14-25(27,28)29)12-15(18)10-11-31(23)21(32)8-9-22(33)34/h4-7,12-13,23H,8-11,14H2,1-3H3,(H,30,35)(H,33,34)/t23-/m1/s1. The Morgan fingerprint density at radius 2 is 1.81 bits per heavy atom. The highest BCUT2D eigenvalue weighted by atomic mass is 32.3. The van der Waals surface area contributed by atoms with E-state index in [4.69, 9.17) is 9.84 Å². The van der Waals surface area contributed by atoms with Gasteiger partial charge >= 0.3 is 12.1 Å². The molecule has 202 valence electrons. The Morgan fingerprint density at radius 1 is 1.11 bits per heavy atom. The lowest BCUT2D eigenvalue weighted by Crippen LogP contribution is -2.45. The first kappa shape index (κ1) is 28.3. The Labute approximate surface area is 213 Å². The summed E-state index contributed by atoms with van der Waals surface area (Å²) in [7, 11) is -1.36. The van der Waals surface area contributed by atoms with Gasteiger partial charge in [-0.05, 0) is 66.6 Å². The second kappa shape index (κ2) is 11.0. The Kier molecular flexibility index (Phi) is 8.41. The Hall–Kier alpha value is -3.28. The number of carboxylic acids is 1. The number of benzene rings is 2. The summed E-state index contributed by atoms with van der Waals surface area (Å²) in [6, 6.07) is 7.22. The molecule has 37 heavy (non-hydrogen) atoms. The first-order valence-corrected chi connectivity index (χ1v) is 14.1. The van der Waals surface area contributed by atoms with Crippen molar-refractivity contribution in [1.29, 1.82) is 0 Å². The van der Waals surface area contributed by atoms with Crippen LogP contribution in [-0.2, 0) is 20.8 Å². The molecule has 1 aliphatic rings. The largest absolute Gasteiger partial charge is 0.484 e. The zero-order valence-electron chi connectivity index (χ0n) is 20.5. The van der Waals surface area contributed by atoms with Gasteiger partial charge in [-0.15, -0.1) is 0 Å². The van der Waals surface area contributed by atoms with Crippen molar-refractivity contribution in [2.75, 3.05) is 37.2 Å². The molecule has 0 saturated heterocycles. The number of rotatable bonds is 8. The van der Waals surface area contributed by atoms with Crippen LogP contribution in [0.4, 0.5) is 23.2 Å². The highest BCUT2D eigenvalue weighted by molar-refractivity contribution is 8.32. The van der Waals surface area contributed by atoms with Crippen molar-refractivity contribution in [1.82, 2.24) is 4.90 Å². The van der Waals surface area contributed by atoms with E-state index in [2.05, 4.69) is 5.32 Å². The number of carbonyl (C=O) groups excluding carboxylic acids is 2. The maximum atomic E-state index is 14.7. The number of aliphatic carboxylic acids is 1. The summed E-state index contributed by atoms with van der Waals surface area (Å²) in [5.74, 6) is -2.92. The van der Waals surface area contributed by atoms with Gasteiger partial charge in [-0.1, -0.05) is 6.07 Å². The molecule has 2 aromatic carbocycles. The molecule has 0 fully saturated rings. The number of hydrogen-bond donors (Lipinski definition) is 2. The van der Waals surface area contributed by atoms with Crippen molar-refractivity contribution in [3.63, 3.8) is 0 Å². The summed E-state index contributed by atoms with van der Waals surface area (Å²) in [6.45, 7) is -1.44. The molecule has 12 heteroatoms. The third-order valence-electron chi connectivity index (χ3n) is 5.73. The molecule has 1 atom stereocenters. The van der Waals surface area contributed by atoms with Crippen LogP contribution in [-0.4, -0.2) is 65.9 Å². The molecule has 0 spiro atoms. The number of anilines is 1. The average molecular weight is 545 g/mol. The number of nitrogens with zero attached hydrogens (tertiary/aromatic N) is 1. The van der Waals surface area contributed by atoms with Gasteiger partial charge in [0.1, 0.15) is 17.6 Å². The summed E-state index contributed by atoms with van der Waals surface area (Å²) in [5.41, 5.74) is 1.05. The molecule has 0 saturated carbocycles. The highest BCUT2D eigenvalue weighted by Crippen LogP contribution is 2.47. The van der Waals surface area contributed by atoms with Crippen molar-refractivity contribution < 1.29 is 41.8 Å². The zero-order chi connectivity index (χ0) is 27.5. The van der Waals surface area contributed by atoms with Gasteiger partial charge in [-0.3, -0.25) is 14.4 Å². The number of amides is 2. The molecule has 0 bridgehead atoms. The molecule has 7 nitrogen and oxygen atoms in total. The SMILES string of the molecule is CS(C)(C)c1ccc(NC(=O)[C@H]2c3ccc(OCC(F)(F)F)cc3CCN2C(=O)CCC(=O)O)cc1F. The van der Waals surface area contributed by atoms with Crippen LogP contribution in [0.15, 0.2) is 41.3 Å². The molecular formula is C25H28F4N2O5S. The van der Waals surface area contributed by atoms with Crippen LogP contribution in [0.5, 0.6) is 5.75 Å². The smallest absolute Gasteiger partial charge is 0.422 e. The van der Waals surface area contributed by atoms with Gasteiger partial charge < -0.3 is 20.1 Å². The van der Waals surface area contributed by atoms with Gasteiger partial charge in [0, 0.05) is 23.5 Å². The molecule has 0 aliphatic carbocycles. The number of carboxylic acid groups (broad SMARTS) is 1. The van der Waals surface area contributed by atoms with E-state index in [9.17, 15) is 31.9 Å². The quantitative estimate of drug-likeness (QED) is 0.468.